The number of nitrogens with zero attached hydrogens (tertiary/aromatic N) is 2. The Labute approximate surface area is 189 Å². The third-order valence-corrected chi connectivity index (χ3v) is 5.41. The van der Waals surface area contributed by atoms with E-state index in [-0.39, 0.29) is 30.6 Å². The average Bonchev–Trinajstić information content (AvgIpc) is 3.40. The van der Waals surface area contributed by atoms with Crippen molar-refractivity contribution in [3.63, 3.8) is 0 Å². The van der Waals surface area contributed by atoms with Gasteiger partial charge in [-0.25, -0.2) is 0 Å². The van der Waals surface area contributed by atoms with Crippen molar-refractivity contribution in [3.8, 4) is 17.2 Å². The van der Waals surface area contributed by atoms with Gasteiger partial charge in [-0.2, -0.15) is 4.98 Å². The molecule has 0 saturated carbocycles. The number of ketones is 1. The van der Waals surface area contributed by atoms with Gasteiger partial charge in [-0.15, -0.1) is 0 Å². The number of aromatic amines is 1. The first-order chi connectivity index (χ1) is 15.3. The number of nitrogens with one attached hydrogen (secondary N) is 1. The lowest BCUT2D eigenvalue weighted by Crippen LogP contribution is -2.09. The van der Waals surface area contributed by atoms with E-state index in [1.54, 1.807) is 24.4 Å². The molecule has 0 amide bonds. The maximum absolute atomic E-state index is 12.5. The molecule has 1 unspecified atom stereocenters. The van der Waals surface area contributed by atoms with Gasteiger partial charge in [-0.05, 0) is 38.5 Å². The number of fused-ring (bicyclic) bond motifs is 1. The molecule has 1 aliphatic carbocycles. The Bertz CT molecular complexity index is 1190. The van der Waals surface area contributed by atoms with Crippen molar-refractivity contribution in [1.29, 1.82) is 0 Å². The van der Waals surface area contributed by atoms with E-state index in [4.69, 9.17) is 26.0 Å². The second-order valence-corrected chi connectivity index (χ2v) is 8.21. The van der Waals surface area contributed by atoms with Gasteiger partial charge < -0.3 is 19.4 Å². The van der Waals surface area contributed by atoms with Crippen molar-refractivity contribution in [2.75, 3.05) is 0 Å². The number of aromatic nitrogens is 3. The van der Waals surface area contributed by atoms with Crippen molar-refractivity contribution < 1.29 is 24.0 Å². The summed E-state index contributed by atoms with van der Waals surface area (Å²) in [7, 11) is 0. The first kappa shape index (κ1) is 21.8. The highest BCUT2D eigenvalue weighted by atomic mass is 35.5. The summed E-state index contributed by atoms with van der Waals surface area (Å²) in [6, 6.07) is 5.29. The summed E-state index contributed by atoms with van der Waals surface area (Å²) >= 11 is 6.33. The monoisotopic (exact) mass is 455 g/mol. The van der Waals surface area contributed by atoms with Crippen LogP contribution in [0.15, 0.2) is 35.0 Å². The zero-order chi connectivity index (χ0) is 22.8. The van der Waals surface area contributed by atoms with Gasteiger partial charge in [0, 0.05) is 35.0 Å². The fourth-order valence-electron chi connectivity index (χ4n) is 3.66. The number of carboxylic acids is 1. The summed E-state index contributed by atoms with van der Waals surface area (Å²) in [5.74, 6) is -0.0398. The molecule has 2 heterocycles. The van der Waals surface area contributed by atoms with E-state index in [9.17, 15) is 9.59 Å². The van der Waals surface area contributed by atoms with E-state index >= 15 is 0 Å². The quantitative estimate of drug-likeness (QED) is 0.453. The Morgan fingerprint density at radius 1 is 1.34 bits per heavy atom. The number of H-pyrrole nitrogens is 1. The maximum Gasteiger partial charge on any atom is 0.303 e. The number of Topliss-reactive ketones (excluding diaryl/α,β-unsaturated/α-hetero) is 1. The number of carbonyl (C=O) groups excluding carboxylic acids is 1. The van der Waals surface area contributed by atoms with E-state index in [1.807, 2.05) is 26.0 Å². The predicted molar refractivity (Wildman–Crippen MR) is 118 cm³/mol. The minimum atomic E-state index is -1.00. The molecule has 1 aromatic carbocycles. The Morgan fingerprint density at radius 2 is 2.16 bits per heavy atom. The number of allylic oxidation sites excluding steroid dienone is 1. The molecule has 4 rings (SSSR count). The second kappa shape index (κ2) is 9.00. The molecule has 2 N–H and O–H groups in total. The smallest absolute Gasteiger partial charge is 0.303 e. The largest absolute Gasteiger partial charge is 0.489 e. The zero-order valence-corrected chi connectivity index (χ0v) is 18.3. The summed E-state index contributed by atoms with van der Waals surface area (Å²) in [6.07, 6.45) is 5.81. The fraction of sp³-hybridized carbons (Fsp3) is 0.304. The predicted octanol–water partition coefficient (Wildman–Crippen LogP) is 5.10. The number of benzene rings is 1. The van der Waals surface area contributed by atoms with Crippen LogP contribution in [0.3, 0.4) is 0 Å². The Balaban J connectivity index is 1.57. The van der Waals surface area contributed by atoms with Crippen LogP contribution < -0.4 is 4.74 Å². The van der Waals surface area contributed by atoms with E-state index in [0.717, 1.165) is 11.3 Å². The van der Waals surface area contributed by atoms with Gasteiger partial charge in [-0.3, -0.25) is 9.59 Å². The number of hydrogen-bond donors (Lipinski definition) is 2. The highest BCUT2D eigenvalue weighted by Crippen LogP contribution is 2.37. The maximum atomic E-state index is 12.5. The number of ether oxygens (including phenoxy) is 1. The summed E-state index contributed by atoms with van der Waals surface area (Å²) in [5.41, 5.74) is 2.68. The Hall–Kier alpha value is -3.39. The van der Waals surface area contributed by atoms with Gasteiger partial charge >= 0.3 is 5.97 Å². The Morgan fingerprint density at radius 3 is 2.88 bits per heavy atom. The van der Waals surface area contributed by atoms with Crippen LogP contribution in [0, 0.1) is 0 Å². The topological polar surface area (TPSA) is 118 Å². The van der Waals surface area contributed by atoms with E-state index in [2.05, 4.69) is 15.1 Å². The van der Waals surface area contributed by atoms with Gasteiger partial charge in [0.2, 0.25) is 0 Å². The highest BCUT2D eigenvalue weighted by Gasteiger charge is 2.28. The van der Waals surface area contributed by atoms with Crippen LogP contribution in [-0.4, -0.2) is 38.1 Å². The lowest BCUT2D eigenvalue weighted by atomic mass is 9.89. The molecule has 0 saturated heterocycles. The zero-order valence-electron chi connectivity index (χ0n) is 17.6. The van der Waals surface area contributed by atoms with Crippen LogP contribution in [0.25, 0.3) is 17.5 Å². The molecule has 2 aromatic heterocycles. The molecule has 0 aliphatic heterocycles. The molecule has 0 fully saturated rings. The second-order valence-electron chi connectivity index (χ2n) is 7.81. The van der Waals surface area contributed by atoms with Gasteiger partial charge in [0.05, 0.1) is 23.5 Å². The summed E-state index contributed by atoms with van der Waals surface area (Å²) < 4.78 is 11.1. The van der Waals surface area contributed by atoms with Crippen LogP contribution in [-0.2, 0) is 4.79 Å². The average molecular weight is 456 g/mol. The first-order valence-corrected chi connectivity index (χ1v) is 10.6. The Kier molecular flexibility index (Phi) is 6.14. The fourth-order valence-corrected chi connectivity index (χ4v) is 3.88. The normalized spacial score (nSPS) is 15.1. The summed E-state index contributed by atoms with van der Waals surface area (Å²) in [6.45, 7) is 3.85. The molecule has 166 valence electrons. The van der Waals surface area contributed by atoms with Gasteiger partial charge in [0.25, 0.3) is 5.89 Å². The number of carboxylic acid groups (broad SMARTS) is 1. The third-order valence-electron chi connectivity index (χ3n) is 5.12. The van der Waals surface area contributed by atoms with Crippen LogP contribution in [0.2, 0.25) is 5.02 Å². The molecule has 32 heavy (non-hydrogen) atoms. The lowest BCUT2D eigenvalue weighted by Gasteiger charge is -2.15. The first-order valence-electron chi connectivity index (χ1n) is 10.3. The van der Waals surface area contributed by atoms with E-state index in [1.165, 1.54) is 0 Å². The van der Waals surface area contributed by atoms with Crippen molar-refractivity contribution in [2.24, 2.45) is 0 Å². The molecular weight excluding hydrogens is 434 g/mol. The van der Waals surface area contributed by atoms with Gasteiger partial charge in [-0.1, -0.05) is 28.9 Å². The number of hydrogen-bond acceptors (Lipinski definition) is 6. The molecule has 0 radical (unpaired) electrons. The number of aliphatic carboxylic acids is 1. The minimum absolute atomic E-state index is 0.00334. The minimum Gasteiger partial charge on any atom is -0.489 e. The molecule has 1 atom stereocenters. The van der Waals surface area contributed by atoms with Crippen molar-refractivity contribution >= 4 is 29.4 Å². The molecule has 3 aromatic rings. The summed E-state index contributed by atoms with van der Waals surface area (Å²) in [4.78, 5) is 30.9. The molecular formula is C23H22ClN3O5. The summed E-state index contributed by atoms with van der Waals surface area (Å²) in [5, 5.41) is 13.4. The van der Waals surface area contributed by atoms with Crippen molar-refractivity contribution in [2.45, 2.75) is 45.1 Å². The van der Waals surface area contributed by atoms with Crippen molar-refractivity contribution in [1.82, 2.24) is 15.1 Å². The van der Waals surface area contributed by atoms with Crippen LogP contribution in [0.4, 0.5) is 0 Å². The molecule has 8 nitrogen and oxygen atoms in total. The van der Waals surface area contributed by atoms with Gasteiger partial charge in [0.1, 0.15) is 5.75 Å². The lowest BCUT2D eigenvalue weighted by molar-refractivity contribution is -0.136. The molecule has 1 aliphatic rings. The molecule has 0 bridgehead atoms. The van der Waals surface area contributed by atoms with Gasteiger partial charge in [0.15, 0.2) is 11.6 Å². The van der Waals surface area contributed by atoms with E-state index in [0.29, 0.717) is 40.0 Å². The van der Waals surface area contributed by atoms with Crippen LogP contribution in [0.5, 0.6) is 5.75 Å². The molecule has 0 spiro atoms. The molecule has 9 heteroatoms. The number of halogens is 1. The number of carbonyl (C=O) groups is 2. The third kappa shape index (κ3) is 4.45. The number of rotatable bonds is 8. The van der Waals surface area contributed by atoms with Crippen molar-refractivity contribution in [3.05, 3.63) is 58.1 Å². The SMILES string of the molecule is CC(C)Oc1ccc(-c2nc(C3CC=Cc4c(C(=O)CCC(=O)O)c[nH]c43)no2)cc1Cl. The van der Waals surface area contributed by atoms with Crippen LogP contribution in [0.1, 0.15) is 66.5 Å². The van der Waals surface area contributed by atoms with E-state index < -0.39 is 5.97 Å². The van der Waals surface area contributed by atoms with Crippen LogP contribution >= 0.6 is 11.6 Å². The standard InChI is InChI=1S/C23H22ClN3O5/c1-12(2)31-19-8-6-13(10-17(19)24)23-26-22(27-32-23)15-5-3-4-14-16(11-25-21(14)15)18(28)7-9-20(29)30/h3-4,6,8,10-12,15,25H,5,7,9H2,1-2H3,(H,29,30). The highest BCUT2D eigenvalue weighted by molar-refractivity contribution is 6.32.